The van der Waals surface area contributed by atoms with E-state index in [0.29, 0.717) is 22.3 Å². The lowest BCUT2D eigenvalue weighted by Gasteiger charge is -2.14. The van der Waals surface area contributed by atoms with Crippen LogP contribution in [0, 0.1) is 25.5 Å². The van der Waals surface area contributed by atoms with Crippen molar-refractivity contribution in [2.45, 2.75) is 19.2 Å². The van der Waals surface area contributed by atoms with Crippen molar-refractivity contribution < 1.29 is 8.78 Å². The third-order valence-corrected chi connectivity index (χ3v) is 3.89. The topological polar surface area (TPSA) is 0 Å². The molecule has 0 radical (unpaired) electrons. The van der Waals surface area contributed by atoms with Crippen LogP contribution in [-0.2, 0) is 0 Å². The highest BCUT2D eigenvalue weighted by Crippen LogP contribution is 2.35. The molecule has 0 fully saturated rings. The van der Waals surface area contributed by atoms with Gasteiger partial charge in [-0.3, -0.25) is 0 Å². The standard InChI is InChI=1S/C15H12Cl2F2/c1-8-6-10(7-9(2)15(8)19)13(16)11-4-3-5-12(18)14(11)17/h3-7,13H,1-2H3. The van der Waals surface area contributed by atoms with Gasteiger partial charge in [-0.25, -0.2) is 8.78 Å². The molecule has 0 aliphatic carbocycles. The van der Waals surface area contributed by atoms with Gasteiger partial charge in [-0.15, -0.1) is 11.6 Å². The van der Waals surface area contributed by atoms with E-state index in [9.17, 15) is 8.78 Å². The van der Waals surface area contributed by atoms with Crippen LogP contribution in [0.1, 0.15) is 27.6 Å². The Kier molecular flexibility index (Phi) is 4.12. The lowest BCUT2D eigenvalue weighted by molar-refractivity contribution is 0.608. The fraction of sp³-hybridized carbons (Fsp3) is 0.200. The number of hydrogen-bond donors (Lipinski definition) is 0. The van der Waals surface area contributed by atoms with Gasteiger partial charge in [0.15, 0.2) is 0 Å². The van der Waals surface area contributed by atoms with Gasteiger partial charge in [-0.1, -0.05) is 35.9 Å². The highest BCUT2D eigenvalue weighted by atomic mass is 35.5. The monoisotopic (exact) mass is 300 g/mol. The zero-order chi connectivity index (χ0) is 14.2. The summed E-state index contributed by atoms with van der Waals surface area (Å²) in [4.78, 5) is 0. The van der Waals surface area contributed by atoms with Crippen LogP contribution in [0.2, 0.25) is 5.02 Å². The van der Waals surface area contributed by atoms with Crippen molar-refractivity contribution >= 4 is 23.2 Å². The van der Waals surface area contributed by atoms with Crippen LogP contribution in [-0.4, -0.2) is 0 Å². The summed E-state index contributed by atoms with van der Waals surface area (Å²) < 4.78 is 27.0. The minimum absolute atomic E-state index is 0.00197. The first-order chi connectivity index (χ1) is 8.91. The summed E-state index contributed by atoms with van der Waals surface area (Å²) in [5.41, 5.74) is 2.20. The average Bonchev–Trinajstić information content (AvgIpc) is 2.38. The lowest BCUT2D eigenvalue weighted by atomic mass is 9.99. The van der Waals surface area contributed by atoms with Crippen LogP contribution in [0.15, 0.2) is 30.3 Å². The smallest absolute Gasteiger partial charge is 0.142 e. The van der Waals surface area contributed by atoms with Crippen molar-refractivity contribution in [3.05, 3.63) is 69.2 Å². The molecule has 0 N–H and O–H groups in total. The van der Waals surface area contributed by atoms with Gasteiger partial charge < -0.3 is 0 Å². The molecule has 0 bridgehead atoms. The van der Waals surface area contributed by atoms with Crippen molar-refractivity contribution in [3.8, 4) is 0 Å². The maximum absolute atomic E-state index is 13.6. The van der Waals surface area contributed by atoms with Crippen molar-refractivity contribution in [2.24, 2.45) is 0 Å². The molecule has 0 aliphatic heterocycles. The summed E-state index contributed by atoms with van der Waals surface area (Å²) in [6, 6.07) is 7.80. The second-order valence-corrected chi connectivity index (χ2v) is 5.29. The van der Waals surface area contributed by atoms with E-state index in [1.54, 1.807) is 38.1 Å². The number of halogens is 4. The molecule has 19 heavy (non-hydrogen) atoms. The molecular weight excluding hydrogens is 289 g/mol. The highest BCUT2D eigenvalue weighted by molar-refractivity contribution is 6.33. The van der Waals surface area contributed by atoms with E-state index in [1.165, 1.54) is 6.07 Å². The normalized spacial score (nSPS) is 12.5. The number of benzene rings is 2. The highest BCUT2D eigenvalue weighted by Gasteiger charge is 2.18. The van der Waals surface area contributed by atoms with Crippen molar-refractivity contribution in [1.29, 1.82) is 0 Å². The Bertz CT molecular complexity index is 601. The number of alkyl halides is 1. The van der Waals surface area contributed by atoms with Crippen molar-refractivity contribution in [1.82, 2.24) is 0 Å². The first-order valence-corrected chi connectivity index (χ1v) is 6.58. The summed E-state index contributed by atoms with van der Waals surface area (Å²) in [6.07, 6.45) is 0. The SMILES string of the molecule is Cc1cc(C(Cl)c2cccc(F)c2Cl)cc(C)c1F. The quantitative estimate of drug-likeness (QED) is 0.637. The van der Waals surface area contributed by atoms with E-state index in [4.69, 9.17) is 23.2 Å². The zero-order valence-corrected chi connectivity index (χ0v) is 12.0. The van der Waals surface area contributed by atoms with Crippen LogP contribution in [0.5, 0.6) is 0 Å². The summed E-state index contributed by atoms with van der Waals surface area (Å²) in [5.74, 6) is -0.765. The first-order valence-electron chi connectivity index (χ1n) is 5.76. The Morgan fingerprint density at radius 2 is 1.63 bits per heavy atom. The van der Waals surface area contributed by atoms with Crippen LogP contribution < -0.4 is 0 Å². The number of hydrogen-bond acceptors (Lipinski definition) is 0. The molecule has 0 aromatic heterocycles. The summed E-state index contributed by atoms with van der Waals surface area (Å²) in [7, 11) is 0. The molecular formula is C15H12Cl2F2. The Morgan fingerprint density at radius 3 is 2.21 bits per heavy atom. The largest absolute Gasteiger partial charge is 0.206 e. The minimum Gasteiger partial charge on any atom is -0.206 e. The second kappa shape index (κ2) is 5.48. The maximum Gasteiger partial charge on any atom is 0.142 e. The van der Waals surface area contributed by atoms with Crippen molar-refractivity contribution in [2.75, 3.05) is 0 Å². The molecule has 2 aromatic rings. The number of rotatable bonds is 2. The Morgan fingerprint density at radius 1 is 1.05 bits per heavy atom. The van der Waals surface area contributed by atoms with Gasteiger partial charge in [0.05, 0.1) is 10.4 Å². The van der Waals surface area contributed by atoms with Gasteiger partial charge in [0.1, 0.15) is 11.6 Å². The van der Waals surface area contributed by atoms with Gasteiger partial charge >= 0.3 is 0 Å². The molecule has 0 saturated carbocycles. The van der Waals surface area contributed by atoms with Gasteiger partial charge in [0.25, 0.3) is 0 Å². The molecule has 0 saturated heterocycles. The molecule has 0 spiro atoms. The fourth-order valence-electron chi connectivity index (χ4n) is 2.02. The summed E-state index contributed by atoms with van der Waals surface area (Å²) in [5, 5.41) is -0.608. The Balaban J connectivity index is 2.50. The summed E-state index contributed by atoms with van der Waals surface area (Å²) in [6.45, 7) is 3.34. The molecule has 100 valence electrons. The van der Waals surface area contributed by atoms with E-state index in [2.05, 4.69) is 0 Å². The Labute approximate surface area is 121 Å². The molecule has 1 atom stereocenters. The van der Waals surface area contributed by atoms with E-state index in [1.807, 2.05) is 0 Å². The van der Waals surface area contributed by atoms with Crippen LogP contribution in [0.25, 0.3) is 0 Å². The van der Waals surface area contributed by atoms with Crippen LogP contribution in [0.3, 0.4) is 0 Å². The Hall–Kier alpha value is -1.12. The lowest BCUT2D eigenvalue weighted by Crippen LogP contribution is -1.99. The molecule has 2 rings (SSSR count). The third kappa shape index (κ3) is 2.75. The zero-order valence-electron chi connectivity index (χ0n) is 10.5. The van der Waals surface area contributed by atoms with Crippen LogP contribution >= 0.6 is 23.2 Å². The van der Waals surface area contributed by atoms with E-state index < -0.39 is 11.2 Å². The molecule has 4 heteroatoms. The van der Waals surface area contributed by atoms with E-state index in [0.717, 1.165) is 0 Å². The van der Waals surface area contributed by atoms with Crippen molar-refractivity contribution in [3.63, 3.8) is 0 Å². The van der Waals surface area contributed by atoms with Crippen LogP contribution in [0.4, 0.5) is 8.78 Å². The fourth-order valence-corrected chi connectivity index (χ4v) is 2.62. The molecule has 0 heterocycles. The molecule has 1 unspecified atom stereocenters. The predicted molar refractivity (Wildman–Crippen MR) is 75.0 cm³/mol. The van der Waals surface area contributed by atoms with E-state index >= 15 is 0 Å². The summed E-state index contributed by atoms with van der Waals surface area (Å²) >= 11 is 12.2. The van der Waals surface area contributed by atoms with Gasteiger partial charge in [-0.2, -0.15) is 0 Å². The first kappa shape index (κ1) is 14.3. The minimum atomic E-state index is -0.610. The van der Waals surface area contributed by atoms with Gasteiger partial charge in [0.2, 0.25) is 0 Å². The molecule has 0 aliphatic rings. The second-order valence-electron chi connectivity index (χ2n) is 4.47. The van der Waals surface area contributed by atoms with E-state index in [-0.39, 0.29) is 10.8 Å². The third-order valence-electron chi connectivity index (χ3n) is 3.01. The predicted octanol–water partition coefficient (Wildman–Crippen LogP) is 5.56. The molecule has 0 amide bonds. The number of aryl methyl sites for hydroxylation is 2. The molecule has 2 aromatic carbocycles. The molecule has 0 nitrogen and oxygen atoms in total. The average molecular weight is 301 g/mol. The van der Waals surface area contributed by atoms with Gasteiger partial charge in [0, 0.05) is 0 Å². The van der Waals surface area contributed by atoms with Gasteiger partial charge in [-0.05, 0) is 42.2 Å². The maximum atomic E-state index is 13.6.